The summed E-state index contributed by atoms with van der Waals surface area (Å²) in [4.78, 5) is 19.4. The molecule has 0 radical (unpaired) electrons. The fraction of sp³-hybridized carbons (Fsp3) is 0.0952. The van der Waals surface area contributed by atoms with Crippen LogP contribution in [-0.4, -0.2) is 21.0 Å². The quantitative estimate of drug-likeness (QED) is 0.697. The van der Waals surface area contributed by atoms with E-state index >= 15 is 0 Å². The van der Waals surface area contributed by atoms with Gasteiger partial charge in [-0.05, 0) is 42.3 Å². The summed E-state index contributed by atoms with van der Waals surface area (Å²) in [6.45, 7) is 1.95. The molecule has 134 valence electrons. The van der Waals surface area contributed by atoms with Gasteiger partial charge in [0.1, 0.15) is 11.6 Å². The summed E-state index contributed by atoms with van der Waals surface area (Å²) < 4.78 is 14.1. The molecule has 0 aliphatic heterocycles. The summed E-state index contributed by atoms with van der Waals surface area (Å²) in [5.74, 6) is 4.42. The molecular weight excluding hydrogens is 345 g/mol. The Morgan fingerprint density at radius 1 is 1.19 bits per heavy atom. The van der Waals surface area contributed by atoms with Crippen molar-refractivity contribution in [3.05, 3.63) is 77.0 Å². The number of aromatic carboxylic acids is 1. The van der Waals surface area contributed by atoms with Gasteiger partial charge in [0.05, 0.1) is 16.8 Å². The highest BCUT2D eigenvalue weighted by Gasteiger charge is 2.14. The summed E-state index contributed by atoms with van der Waals surface area (Å²) in [6.07, 6.45) is 3.85. The van der Waals surface area contributed by atoms with Crippen LogP contribution in [0, 0.1) is 17.7 Å². The molecule has 1 aromatic carbocycles. The van der Waals surface area contributed by atoms with Crippen LogP contribution in [0.5, 0.6) is 0 Å². The minimum Gasteiger partial charge on any atom is -0.478 e. The number of carbonyl (C=O) groups is 1. The van der Waals surface area contributed by atoms with Gasteiger partial charge < -0.3 is 10.8 Å². The van der Waals surface area contributed by atoms with Crippen LogP contribution in [0.3, 0.4) is 0 Å². The number of carboxylic acid groups (broad SMARTS) is 1. The Labute approximate surface area is 155 Å². The lowest BCUT2D eigenvalue weighted by Gasteiger charge is -2.09. The number of aryl methyl sites for hydroxylation is 1. The molecule has 0 aliphatic rings. The molecule has 3 aromatic rings. The standard InChI is InChI=1S/C21H16FN3O2/c1-2-19-16(6-3-13-4-8-20(23)25-12-13)15(9-10-24-19)14-5-7-17(21(26)27)18(22)11-14/h4-5,7-12H,2H2,1H3,(H2,23,25)(H,26,27). The van der Waals surface area contributed by atoms with Crippen LogP contribution in [0.4, 0.5) is 10.2 Å². The van der Waals surface area contributed by atoms with Crippen molar-refractivity contribution >= 4 is 11.8 Å². The molecule has 0 spiro atoms. The Hall–Kier alpha value is -3.72. The fourth-order valence-corrected chi connectivity index (χ4v) is 2.62. The summed E-state index contributed by atoms with van der Waals surface area (Å²) in [6, 6.07) is 9.18. The molecule has 6 heteroatoms. The maximum absolute atomic E-state index is 14.1. The average molecular weight is 361 g/mol. The molecule has 0 saturated heterocycles. The molecule has 2 aromatic heterocycles. The van der Waals surface area contributed by atoms with Gasteiger partial charge in [0.25, 0.3) is 0 Å². The van der Waals surface area contributed by atoms with Crippen molar-refractivity contribution < 1.29 is 14.3 Å². The zero-order chi connectivity index (χ0) is 19.4. The highest BCUT2D eigenvalue weighted by atomic mass is 19.1. The molecule has 3 N–H and O–H groups in total. The van der Waals surface area contributed by atoms with E-state index in [0.717, 1.165) is 5.69 Å². The number of benzene rings is 1. The fourth-order valence-electron chi connectivity index (χ4n) is 2.62. The Balaban J connectivity index is 2.11. The summed E-state index contributed by atoms with van der Waals surface area (Å²) in [5.41, 5.74) is 8.56. The van der Waals surface area contributed by atoms with Gasteiger partial charge in [-0.1, -0.05) is 24.8 Å². The molecule has 0 fully saturated rings. The van der Waals surface area contributed by atoms with Crippen molar-refractivity contribution in [2.75, 3.05) is 5.73 Å². The van der Waals surface area contributed by atoms with Crippen molar-refractivity contribution in [3.8, 4) is 23.0 Å². The van der Waals surface area contributed by atoms with E-state index in [0.29, 0.717) is 34.5 Å². The maximum Gasteiger partial charge on any atom is 0.338 e. The number of nitrogens with two attached hydrogens (primary N) is 1. The number of aromatic nitrogens is 2. The average Bonchev–Trinajstić information content (AvgIpc) is 2.67. The second kappa shape index (κ2) is 7.67. The van der Waals surface area contributed by atoms with Gasteiger partial charge in [-0.25, -0.2) is 14.2 Å². The minimum absolute atomic E-state index is 0.371. The first-order chi connectivity index (χ1) is 13.0. The predicted octanol–water partition coefficient (Wildman–Crippen LogP) is 3.53. The first kappa shape index (κ1) is 18.1. The van der Waals surface area contributed by atoms with E-state index in [1.165, 1.54) is 12.1 Å². The summed E-state index contributed by atoms with van der Waals surface area (Å²) in [7, 11) is 0. The van der Waals surface area contributed by atoms with E-state index in [4.69, 9.17) is 10.8 Å². The third-order valence-electron chi connectivity index (χ3n) is 3.99. The molecule has 0 saturated carbocycles. The topological polar surface area (TPSA) is 89.1 Å². The Morgan fingerprint density at radius 2 is 2.00 bits per heavy atom. The lowest BCUT2D eigenvalue weighted by molar-refractivity contribution is 0.0692. The monoisotopic (exact) mass is 361 g/mol. The number of nitrogens with zero attached hydrogens (tertiary/aromatic N) is 2. The van der Waals surface area contributed by atoms with Crippen LogP contribution in [-0.2, 0) is 6.42 Å². The molecular formula is C21H16FN3O2. The molecule has 2 heterocycles. The predicted molar refractivity (Wildman–Crippen MR) is 101 cm³/mol. The lowest BCUT2D eigenvalue weighted by Crippen LogP contribution is -2.01. The van der Waals surface area contributed by atoms with E-state index in [9.17, 15) is 9.18 Å². The number of rotatable bonds is 3. The van der Waals surface area contributed by atoms with Gasteiger partial charge in [0, 0.05) is 23.5 Å². The Kier molecular flexibility index (Phi) is 5.13. The number of hydrogen-bond donors (Lipinski definition) is 2. The highest BCUT2D eigenvalue weighted by molar-refractivity contribution is 5.89. The van der Waals surface area contributed by atoms with Crippen molar-refractivity contribution in [1.82, 2.24) is 9.97 Å². The molecule has 5 nitrogen and oxygen atoms in total. The number of carboxylic acids is 1. The molecule has 0 aliphatic carbocycles. The van der Waals surface area contributed by atoms with Crippen LogP contribution >= 0.6 is 0 Å². The van der Waals surface area contributed by atoms with Gasteiger partial charge >= 0.3 is 5.97 Å². The number of pyridine rings is 2. The van der Waals surface area contributed by atoms with Crippen molar-refractivity contribution in [1.29, 1.82) is 0 Å². The first-order valence-corrected chi connectivity index (χ1v) is 8.24. The number of hydrogen-bond acceptors (Lipinski definition) is 4. The second-order valence-electron chi connectivity index (χ2n) is 5.76. The minimum atomic E-state index is -1.31. The van der Waals surface area contributed by atoms with E-state index in [1.54, 1.807) is 36.7 Å². The zero-order valence-electron chi connectivity index (χ0n) is 14.5. The molecule has 27 heavy (non-hydrogen) atoms. The van der Waals surface area contributed by atoms with Gasteiger partial charge in [-0.3, -0.25) is 4.98 Å². The molecule has 0 amide bonds. The second-order valence-corrected chi connectivity index (χ2v) is 5.76. The van der Waals surface area contributed by atoms with Crippen LogP contribution in [0.15, 0.2) is 48.8 Å². The van der Waals surface area contributed by atoms with Gasteiger partial charge in [-0.15, -0.1) is 0 Å². The summed E-state index contributed by atoms with van der Waals surface area (Å²) >= 11 is 0. The SMILES string of the molecule is CCc1nccc(-c2ccc(C(=O)O)c(F)c2)c1C#Cc1ccc(N)nc1. The van der Waals surface area contributed by atoms with Gasteiger partial charge in [0.2, 0.25) is 0 Å². The Bertz CT molecular complexity index is 1070. The normalized spacial score (nSPS) is 10.1. The smallest absolute Gasteiger partial charge is 0.338 e. The zero-order valence-corrected chi connectivity index (χ0v) is 14.5. The number of nitrogen functional groups attached to an aromatic ring is 1. The van der Waals surface area contributed by atoms with E-state index in [2.05, 4.69) is 21.8 Å². The van der Waals surface area contributed by atoms with E-state index in [1.807, 2.05) is 6.92 Å². The maximum atomic E-state index is 14.1. The molecule has 0 bridgehead atoms. The van der Waals surface area contributed by atoms with Crippen LogP contribution in [0.2, 0.25) is 0 Å². The highest BCUT2D eigenvalue weighted by Crippen LogP contribution is 2.27. The van der Waals surface area contributed by atoms with E-state index < -0.39 is 11.8 Å². The number of halogens is 1. The molecule has 0 unspecified atom stereocenters. The lowest BCUT2D eigenvalue weighted by atomic mass is 9.97. The van der Waals surface area contributed by atoms with Crippen LogP contribution in [0.25, 0.3) is 11.1 Å². The third kappa shape index (κ3) is 3.93. The Morgan fingerprint density at radius 3 is 2.63 bits per heavy atom. The van der Waals surface area contributed by atoms with Crippen LogP contribution in [0.1, 0.15) is 34.1 Å². The van der Waals surface area contributed by atoms with Gasteiger partial charge in [-0.2, -0.15) is 0 Å². The van der Waals surface area contributed by atoms with Crippen molar-refractivity contribution in [2.24, 2.45) is 0 Å². The molecule has 3 rings (SSSR count). The van der Waals surface area contributed by atoms with E-state index in [-0.39, 0.29) is 5.56 Å². The van der Waals surface area contributed by atoms with Crippen LogP contribution < -0.4 is 5.73 Å². The first-order valence-electron chi connectivity index (χ1n) is 8.24. The summed E-state index contributed by atoms with van der Waals surface area (Å²) in [5, 5.41) is 9.01. The number of anilines is 1. The van der Waals surface area contributed by atoms with Crippen molar-refractivity contribution in [3.63, 3.8) is 0 Å². The molecule has 0 atom stereocenters. The largest absolute Gasteiger partial charge is 0.478 e. The van der Waals surface area contributed by atoms with Gasteiger partial charge in [0.15, 0.2) is 0 Å². The van der Waals surface area contributed by atoms with Crippen molar-refractivity contribution in [2.45, 2.75) is 13.3 Å². The third-order valence-corrected chi connectivity index (χ3v) is 3.99.